The summed E-state index contributed by atoms with van der Waals surface area (Å²) in [6, 6.07) is 13.8. The van der Waals surface area contributed by atoms with Crippen molar-refractivity contribution in [2.24, 2.45) is 0 Å². The molecule has 6 nitrogen and oxygen atoms in total. The van der Waals surface area contributed by atoms with Gasteiger partial charge in [0.25, 0.3) is 5.91 Å². The zero-order valence-electron chi connectivity index (χ0n) is 13.7. The molecule has 0 bridgehead atoms. The molecule has 0 saturated carbocycles. The number of hydrogen-bond donors (Lipinski definition) is 2. The summed E-state index contributed by atoms with van der Waals surface area (Å²) in [5.74, 6) is 0.549. The highest BCUT2D eigenvalue weighted by Crippen LogP contribution is 2.29. The molecule has 0 saturated heterocycles. The Kier molecular flexibility index (Phi) is 5.55. The van der Waals surface area contributed by atoms with Gasteiger partial charge in [0.15, 0.2) is 0 Å². The molecule has 3 aromatic rings. The molecule has 0 spiro atoms. The molecule has 0 atom stereocenters. The van der Waals surface area contributed by atoms with Gasteiger partial charge >= 0.3 is 0 Å². The van der Waals surface area contributed by atoms with Crippen molar-refractivity contribution >= 4 is 46.4 Å². The van der Waals surface area contributed by atoms with E-state index in [2.05, 4.69) is 20.6 Å². The van der Waals surface area contributed by atoms with Gasteiger partial charge in [0.2, 0.25) is 5.95 Å². The van der Waals surface area contributed by atoms with Gasteiger partial charge in [-0.05, 0) is 30.3 Å². The minimum atomic E-state index is -0.426. The number of aromatic nitrogens is 2. The highest BCUT2D eigenvalue weighted by Gasteiger charge is 2.12. The van der Waals surface area contributed by atoms with Crippen LogP contribution in [0.15, 0.2) is 54.7 Å². The van der Waals surface area contributed by atoms with Crippen LogP contribution < -0.4 is 15.4 Å². The SMILES string of the molecule is COc1cccc(Nc2nccc(C(=O)Nc3cccc(Cl)c3Cl)n2)c1. The Hall–Kier alpha value is -2.83. The van der Waals surface area contributed by atoms with Crippen molar-refractivity contribution in [2.45, 2.75) is 0 Å². The summed E-state index contributed by atoms with van der Waals surface area (Å²) in [4.78, 5) is 20.8. The predicted octanol–water partition coefficient (Wildman–Crippen LogP) is 4.79. The molecule has 0 aliphatic rings. The van der Waals surface area contributed by atoms with Gasteiger partial charge in [-0.25, -0.2) is 9.97 Å². The minimum Gasteiger partial charge on any atom is -0.497 e. The smallest absolute Gasteiger partial charge is 0.274 e. The number of amides is 1. The van der Waals surface area contributed by atoms with Crippen LogP contribution in [-0.2, 0) is 0 Å². The molecule has 26 heavy (non-hydrogen) atoms. The van der Waals surface area contributed by atoms with Gasteiger partial charge in [-0.3, -0.25) is 4.79 Å². The summed E-state index contributed by atoms with van der Waals surface area (Å²) in [5.41, 5.74) is 1.33. The predicted molar refractivity (Wildman–Crippen MR) is 103 cm³/mol. The highest BCUT2D eigenvalue weighted by molar-refractivity contribution is 6.44. The van der Waals surface area contributed by atoms with E-state index < -0.39 is 5.91 Å². The van der Waals surface area contributed by atoms with Crippen LogP contribution in [0.4, 0.5) is 17.3 Å². The van der Waals surface area contributed by atoms with Crippen LogP contribution in [-0.4, -0.2) is 23.0 Å². The Morgan fingerprint density at radius 2 is 1.92 bits per heavy atom. The molecule has 1 aromatic heterocycles. The zero-order chi connectivity index (χ0) is 18.5. The first-order valence-electron chi connectivity index (χ1n) is 7.56. The number of ether oxygens (including phenoxy) is 1. The number of nitrogens with zero attached hydrogens (tertiary/aromatic N) is 2. The van der Waals surface area contributed by atoms with Crippen molar-refractivity contribution in [1.29, 1.82) is 0 Å². The van der Waals surface area contributed by atoms with Crippen LogP contribution in [0.5, 0.6) is 5.75 Å². The van der Waals surface area contributed by atoms with Crippen LogP contribution in [0.2, 0.25) is 10.0 Å². The first-order valence-corrected chi connectivity index (χ1v) is 8.32. The molecule has 2 N–H and O–H groups in total. The normalized spacial score (nSPS) is 10.3. The summed E-state index contributed by atoms with van der Waals surface area (Å²) in [6.45, 7) is 0. The van der Waals surface area contributed by atoms with Crippen molar-refractivity contribution < 1.29 is 9.53 Å². The summed E-state index contributed by atoms with van der Waals surface area (Å²) in [5, 5.41) is 6.34. The third-order valence-corrected chi connectivity index (χ3v) is 4.23. The van der Waals surface area contributed by atoms with E-state index in [0.717, 1.165) is 5.69 Å². The van der Waals surface area contributed by atoms with Gasteiger partial charge in [0.1, 0.15) is 11.4 Å². The molecular weight excluding hydrogens is 375 g/mol. The highest BCUT2D eigenvalue weighted by atomic mass is 35.5. The number of carbonyl (C=O) groups excluding carboxylic acids is 1. The Balaban J connectivity index is 1.78. The second kappa shape index (κ2) is 8.03. The minimum absolute atomic E-state index is 0.182. The zero-order valence-corrected chi connectivity index (χ0v) is 15.2. The van der Waals surface area contributed by atoms with E-state index >= 15 is 0 Å². The molecule has 1 amide bonds. The van der Waals surface area contributed by atoms with E-state index in [1.165, 1.54) is 12.3 Å². The quantitative estimate of drug-likeness (QED) is 0.656. The molecule has 0 radical (unpaired) electrons. The van der Waals surface area contributed by atoms with Crippen LogP contribution >= 0.6 is 23.2 Å². The maximum absolute atomic E-state index is 12.4. The van der Waals surface area contributed by atoms with E-state index in [-0.39, 0.29) is 16.7 Å². The Morgan fingerprint density at radius 1 is 1.12 bits per heavy atom. The molecule has 8 heteroatoms. The fraction of sp³-hybridized carbons (Fsp3) is 0.0556. The molecule has 0 unspecified atom stereocenters. The maximum Gasteiger partial charge on any atom is 0.274 e. The average Bonchev–Trinajstić information content (AvgIpc) is 2.66. The summed E-state index contributed by atoms with van der Waals surface area (Å²) in [7, 11) is 1.58. The van der Waals surface area contributed by atoms with Gasteiger partial charge < -0.3 is 15.4 Å². The fourth-order valence-electron chi connectivity index (χ4n) is 2.16. The second-order valence-electron chi connectivity index (χ2n) is 5.18. The first-order chi connectivity index (χ1) is 12.6. The van der Waals surface area contributed by atoms with Crippen molar-refractivity contribution in [3.63, 3.8) is 0 Å². The number of halogens is 2. The van der Waals surface area contributed by atoms with Crippen LogP contribution in [0.1, 0.15) is 10.5 Å². The van der Waals surface area contributed by atoms with Crippen LogP contribution in [0.3, 0.4) is 0 Å². The third-order valence-electron chi connectivity index (χ3n) is 3.41. The van der Waals surface area contributed by atoms with Crippen molar-refractivity contribution in [2.75, 3.05) is 17.7 Å². The lowest BCUT2D eigenvalue weighted by atomic mass is 10.3. The van der Waals surface area contributed by atoms with E-state index in [4.69, 9.17) is 27.9 Å². The molecule has 3 rings (SSSR count). The van der Waals surface area contributed by atoms with Crippen molar-refractivity contribution in [3.05, 3.63) is 70.5 Å². The van der Waals surface area contributed by atoms with Crippen LogP contribution in [0.25, 0.3) is 0 Å². The van der Waals surface area contributed by atoms with E-state index in [0.29, 0.717) is 16.5 Å². The molecule has 1 heterocycles. The first kappa shape index (κ1) is 18.0. The Bertz CT molecular complexity index is 950. The standard InChI is InChI=1S/C18H14Cl2N4O2/c1-26-12-5-2-4-11(10-12)22-18-21-9-8-15(24-18)17(25)23-14-7-3-6-13(19)16(14)20/h2-10H,1H3,(H,23,25)(H,21,22,24). The number of nitrogens with one attached hydrogen (secondary N) is 2. The molecule has 2 aromatic carbocycles. The van der Waals surface area contributed by atoms with Crippen LogP contribution in [0, 0.1) is 0 Å². The van der Waals surface area contributed by atoms with Gasteiger partial charge in [0, 0.05) is 18.0 Å². The van der Waals surface area contributed by atoms with Crippen molar-refractivity contribution in [3.8, 4) is 5.75 Å². The summed E-state index contributed by atoms with van der Waals surface area (Å²) in [6.07, 6.45) is 1.49. The number of anilines is 3. The largest absolute Gasteiger partial charge is 0.497 e. The topological polar surface area (TPSA) is 76.1 Å². The number of methoxy groups -OCH3 is 1. The van der Waals surface area contributed by atoms with Gasteiger partial charge in [-0.2, -0.15) is 0 Å². The number of carbonyl (C=O) groups is 1. The lowest BCUT2D eigenvalue weighted by Crippen LogP contribution is -2.15. The van der Waals surface area contributed by atoms with E-state index in [9.17, 15) is 4.79 Å². The van der Waals surface area contributed by atoms with Gasteiger partial charge in [-0.1, -0.05) is 35.3 Å². The summed E-state index contributed by atoms with van der Waals surface area (Å²) >= 11 is 12.0. The number of hydrogen-bond acceptors (Lipinski definition) is 5. The number of rotatable bonds is 5. The maximum atomic E-state index is 12.4. The molecule has 0 aliphatic heterocycles. The summed E-state index contributed by atoms with van der Waals surface area (Å²) < 4.78 is 5.17. The van der Waals surface area contributed by atoms with Gasteiger partial charge in [-0.15, -0.1) is 0 Å². The molecule has 0 fully saturated rings. The molecule has 132 valence electrons. The van der Waals surface area contributed by atoms with Gasteiger partial charge in [0.05, 0.1) is 22.8 Å². The van der Waals surface area contributed by atoms with Crippen molar-refractivity contribution in [1.82, 2.24) is 9.97 Å². The van der Waals surface area contributed by atoms with E-state index in [1.807, 2.05) is 18.2 Å². The monoisotopic (exact) mass is 388 g/mol. The second-order valence-corrected chi connectivity index (χ2v) is 5.96. The lowest BCUT2D eigenvalue weighted by Gasteiger charge is -2.09. The van der Waals surface area contributed by atoms with E-state index in [1.54, 1.807) is 31.4 Å². The average molecular weight is 389 g/mol. The fourth-order valence-corrected chi connectivity index (χ4v) is 2.51. The molecular formula is C18H14Cl2N4O2. The molecule has 0 aliphatic carbocycles. The Labute approximate surface area is 160 Å². The lowest BCUT2D eigenvalue weighted by molar-refractivity contribution is 0.102. The number of benzene rings is 2. The third kappa shape index (κ3) is 4.22. The Morgan fingerprint density at radius 3 is 2.73 bits per heavy atom.